The van der Waals surface area contributed by atoms with Gasteiger partial charge in [-0.1, -0.05) is 18.2 Å². The number of nitrogens with one attached hydrogen (secondary N) is 2. The molecule has 0 amide bonds. The number of hydrogen-bond acceptors (Lipinski definition) is 5. The number of H-pyrrole nitrogens is 1. The summed E-state index contributed by atoms with van der Waals surface area (Å²) in [5, 5.41) is 12.7. The maximum atomic E-state index is 11.5. The Morgan fingerprint density at radius 1 is 1.26 bits per heavy atom. The van der Waals surface area contributed by atoms with Crippen molar-refractivity contribution in [1.29, 1.82) is 5.26 Å². The van der Waals surface area contributed by atoms with Crippen LogP contribution in [0.15, 0.2) is 46.1 Å². The number of rotatable bonds is 10. The van der Waals surface area contributed by atoms with E-state index in [1.807, 2.05) is 24.3 Å². The van der Waals surface area contributed by atoms with Crippen LogP contribution in [0, 0.1) is 11.3 Å². The Hall–Kier alpha value is -2.69. The first kappa shape index (κ1) is 20.6. The largest absolute Gasteiger partial charge is 0.361 e. The zero-order chi connectivity index (χ0) is 19.7. The third-order valence-corrected chi connectivity index (χ3v) is 4.35. The molecule has 0 aliphatic rings. The summed E-state index contributed by atoms with van der Waals surface area (Å²) in [7, 11) is 0. The summed E-state index contributed by atoms with van der Waals surface area (Å²) in [4.78, 5) is 24.7. The van der Waals surface area contributed by atoms with Crippen molar-refractivity contribution in [3.8, 4) is 6.07 Å². The number of benzene rings is 1. The second-order valence-electron chi connectivity index (χ2n) is 7.05. The zero-order valence-electron chi connectivity index (χ0n) is 15.8. The Morgan fingerprint density at radius 3 is 2.78 bits per heavy atom. The van der Waals surface area contributed by atoms with Crippen LogP contribution in [0.25, 0.3) is 0 Å². The van der Waals surface area contributed by atoms with Crippen LogP contribution in [-0.2, 0) is 17.9 Å². The first-order valence-electron chi connectivity index (χ1n) is 9.02. The van der Waals surface area contributed by atoms with Crippen molar-refractivity contribution in [1.82, 2.24) is 14.9 Å². The molecule has 0 spiro atoms. The molecular formula is C20H26N4O3. The lowest BCUT2D eigenvalue weighted by atomic mass is 9.98. The monoisotopic (exact) mass is 370 g/mol. The predicted octanol–water partition coefficient (Wildman–Crippen LogP) is 1.77. The number of hydrogen-bond donors (Lipinski definition) is 2. The Kier molecular flexibility index (Phi) is 7.53. The molecule has 0 saturated carbocycles. The molecule has 1 aromatic carbocycles. The van der Waals surface area contributed by atoms with Gasteiger partial charge in [0.05, 0.1) is 11.6 Å². The number of aromatic nitrogens is 2. The third kappa shape index (κ3) is 6.85. The van der Waals surface area contributed by atoms with Crippen LogP contribution < -0.4 is 16.6 Å². The molecule has 2 aromatic rings. The molecule has 7 heteroatoms. The highest BCUT2D eigenvalue weighted by Gasteiger charge is 2.16. The summed E-state index contributed by atoms with van der Waals surface area (Å²) in [5.41, 5.74) is 0.837. The minimum atomic E-state index is -0.470. The summed E-state index contributed by atoms with van der Waals surface area (Å²) in [5.74, 6) is 0. The Labute approximate surface area is 158 Å². The first-order chi connectivity index (χ1) is 12.9. The van der Waals surface area contributed by atoms with E-state index in [4.69, 9.17) is 10.00 Å². The molecule has 2 N–H and O–H groups in total. The van der Waals surface area contributed by atoms with Crippen molar-refractivity contribution >= 4 is 0 Å². The molecule has 144 valence electrons. The first-order valence-corrected chi connectivity index (χ1v) is 9.02. The SMILES string of the molecule is CC(C)(CCCOCn1ccc(=O)[nH]c1=O)NCCc1ccccc1C#N. The van der Waals surface area contributed by atoms with E-state index in [9.17, 15) is 9.59 Å². The zero-order valence-corrected chi connectivity index (χ0v) is 15.8. The number of aromatic amines is 1. The van der Waals surface area contributed by atoms with E-state index in [-0.39, 0.29) is 12.3 Å². The van der Waals surface area contributed by atoms with Crippen LogP contribution in [0.4, 0.5) is 0 Å². The minimum absolute atomic E-state index is 0.0558. The highest BCUT2D eigenvalue weighted by molar-refractivity contribution is 5.37. The lowest BCUT2D eigenvalue weighted by Crippen LogP contribution is -2.40. The van der Waals surface area contributed by atoms with Gasteiger partial charge in [0.1, 0.15) is 6.73 Å². The van der Waals surface area contributed by atoms with Crippen LogP contribution in [0.1, 0.15) is 37.8 Å². The fraction of sp³-hybridized carbons (Fsp3) is 0.450. The van der Waals surface area contributed by atoms with Crippen LogP contribution in [0.3, 0.4) is 0 Å². The van der Waals surface area contributed by atoms with Crippen molar-refractivity contribution in [2.45, 2.75) is 45.4 Å². The van der Waals surface area contributed by atoms with E-state index >= 15 is 0 Å². The highest BCUT2D eigenvalue weighted by atomic mass is 16.5. The molecule has 27 heavy (non-hydrogen) atoms. The average Bonchev–Trinajstić information content (AvgIpc) is 2.63. The van der Waals surface area contributed by atoms with Gasteiger partial charge in [-0.05, 0) is 51.3 Å². The lowest BCUT2D eigenvalue weighted by molar-refractivity contribution is 0.0673. The quantitative estimate of drug-likeness (QED) is 0.621. The van der Waals surface area contributed by atoms with Gasteiger partial charge >= 0.3 is 5.69 Å². The molecule has 0 aliphatic heterocycles. The van der Waals surface area contributed by atoms with Crippen molar-refractivity contribution in [3.63, 3.8) is 0 Å². The minimum Gasteiger partial charge on any atom is -0.361 e. The Bertz CT molecular complexity index is 893. The predicted molar refractivity (Wildman–Crippen MR) is 103 cm³/mol. The van der Waals surface area contributed by atoms with Crippen LogP contribution in [-0.4, -0.2) is 28.2 Å². The fourth-order valence-electron chi connectivity index (χ4n) is 2.80. The highest BCUT2D eigenvalue weighted by Crippen LogP contribution is 2.13. The summed E-state index contributed by atoms with van der Waals surface area (Å²) in [6.07, 6.45) is 3.98. The van der Waals surface area contributed by atoms with E-state index in [0.717, 1.165) is 36.9 Å². The van der Waals surface area contributed by atoms with Gasteiger partial charge in [0.15, 0.2) is 0 Å². The number of ether oxygens (including phenoxy) is 1. The third-order valence-electron chi connectivity index (χ3n) is 4.35. The van der Waals surface area contributed by atoms with E-state index in [1.54, 1.807) is 0 Å². The standard InChI is InChI=1S/C20H26N4O3/c1-20(2,22-11-8-16-6-3-4-7-17(16)14-21)10-5-13-27-15-24-12-9-18(25)23-19(24)26/h3-4,6-7,9,12,22H,5,8,10-11,13,15H2,1-2H3,(H,23,25,26). The normalized spacial score (nSPS) is 11.3. The average molecular weight is 370 g/mol. The molecule has 0 bridgehead atoms. The molecule has 1 heterocycles. The molecule has 0 fully saturated rings. The van der Waals surface area contributed by atoms with Crippen molar-refractivity contribution in [2.24, 2.45) is 0 Å². The summed E-state index contributed by atoms with van der Waals surface area (Å²) in [6.45, 7) is 5.70. The fourth-order valence-corrected chi connectivity index (χ4v) is 2.80. The van der Waals surface area contributed by atoms with Gasteiger partial charge in [0, 0.05) is 24.4 Å². The van der Waals surface area contributed by atoms with Crippen LogP contribution in [0.2, 0.25) is 0 Å². The molecule has 0 aliphatic carbocycles. The summed E-state index contributed by atoms with van der Waals surface area (Å²) < 4.78 is 6.83. The van der Waals surface area contributed by atoms with E-state index in [2.05, 4.69) is 30.2 Å². The summed E-state index contributed by atoms with van der Waals surface area (Å²) >= 11 is 0. The van der Waals surface area contributed by atoms with Crippen molar-refractivity contribution in [2.75, 3.05) is 13.2 Å². The number of nitriles is 1. The van der Waals surface area contributed by atoms with E-state index < -0.39 is 11.2 Å². The van der Waals surface area contributed by atoms with Crippen LogP contribution in [0.5, 0.6) is 0 Å². The van der Waals surface area contributed by atoms with Gasteiger partial charge in [-0.25, -0.2) is 4.79 Å². The molecule has 7 nitrogen and oxygen atoms in total. The Balaban J connectivity index is 1.68. The second-order valence-corrected chi connectivity index (χ2v) is 7.05. The molecule has 0 saturated heterocycles. The molecule has 0 unspecified atom stereocenters. The van der Waals surface area contributed by atoms with Gasteiger partial charge < -0.3 is 10.1 Å². The molecule has 0 radical (unpaired) electrons. The topological polar surface area (TPSA) is 99.9 Å². The molecule has 1 aromatic heterocycles. The smallest absolute Gasteiger partial charge is 0.330 e. The van der Waals surface area contributed by atoms with Gasteiger partial charge in [0.2, 0.25) is 0 Å². The van der Waals surface area contributed by atoms with Gasteiger partial charge in [-0.2, -0.15) is 5.26 Å². The Morgan fingerprint density at radius 2 is 2.04 bits per heavy atom. The molecular weight excluding hydrogens is 344 g/mol. The maximum Gasteiger partial charge on any atom is 0.330 e. The van der Waals surface area contributed by atoms with Crippen molar-refractivity contribution < 1.29 is 4.74 Å². The second kappa shape index (κ2) is 9.86. The van der Waals surface area contributed by atoms with Gasteiger partial charge in [-0.3, -0.25) is 14.3 Å². The van der Waals surface area contributed by atoms with E-state index in [1.165, 1.54) is 16.8 Å². The van der Waals surface area contributed by atoms with Crippen LogP contribution >= 0.6 is 0 Å². The number of nitrogens with zero attached hydrogens (tertiary/aromatic N) is 2. The van der Waals surface area contributed by atoms with Gasteiger partial charge in [0.25, 0.3) is 5.56 Å². The summed E-state index contributed by atoms with van der Waals surface area (Å²) in [6, 6.07) is 11.2. The lowest BCUT2D eigenvalue weighted by Gasteiger charge is -2.26. The van der Waals surface area contributed by atoms with Crippen molar-refractivity contribution in [3.05, 3.63) is 68.5 Å². The molecule has 0 atom stereocenters. The maximum absolute atomic E-state index is 11.5. The van der Waals surface area contributed by atoms with E-state index in [0.29, 0.717) is 6.61 Å². The molecule has 2 rings (SSSR count). The van der Waals surface area contributed by atoms with Gasteiger partial charge in [-0.15, -0.1) is 0 Å².